The van der Waals surface area contributed by atoms with E-state index in [1.807, 2.05) is 25.4 Å². The third-order valence-corrected chi connectivity index (χ3v) is 5.21. The van der Waals surface area contributed by atoms with Crippen LogP contribution in [0.1, 0.15) is 30.2 Å². The van der Waals surface area contributed by atoms with E-state index in [0.717, 1.165) is 26.1 Å². The normalized spacial score (nSPS) is 14.3. The number of esters is 1. The first kappa shape index (κ1) is 17.7. The van der Waals surface area contributed by atoms with Crippen LogP contribution in [0.15, 0.2) is 48.8 Å². The van der Waals surface area contributed by atoms with Gasteiger partial charge in [-0.3, -0.25) is 14.7 Å². The molecule has 0 aliphatic carbocycles. The van der Waals surface area contributed by atoms with Gasteiger partial charge in [-0.25, -0.2) is 0 Å². The Balaban J connectivity index is 1.59. The number of ether oxygens (including phenoxy) is 1. The second-order valence-electron chi connectivity index (χ2n) is 6.97. The number of hydrogen-bond acceptors (Lipinski definition) is 4. The fourth-order valence-corrected chi connectivity index (χ4v) is 4.03. The molecule has 0 saturated heterocycles. The molecule has 0 spiro atoms. The molecule has 0 unspecified atom stereocenters. The van der Waals surface area contributed by atoms with Gasteiger partial charge in [0.2, 0.25) is 0 Å². The summed E-state index contributed by atoms with van der Waals surface area (Å²) >= 11 is 0. The van der Waals surface area contributed by atoms with E-state index in [2.05, 4.69) is 44.8 Å². The molecule has 0 bridgehead atoms. The molecule has 0 N–H and O–H groups in total. The van der Waals surface area contributed by atoms with Crippen molar-refractivity contribution in [1.82, 2.24) is 14.5 Å². The molecular weight excluding hydrogens is 338 g/mol. The van der Waals surface area contributed by atoms with Gasteiger partial charge in [0.1, 0.15) is 0 Å². The lowest BCUT2D eigenvalue weighted by Gasteiger charge is -2.28. The van der Waals surface area contributed by atoms with Crippen LogP contribution in [0.25, 0.3) is 10.9 Å². The second-order valence-corrected chi connectivity index (χ2v) is 6.97. The fourth-order valence-electron chi connectivity index (χ4n) is 4.03. The largest absolute Gasteiger partial charge is 0.466 e. The van der Waals surface area contributed by atoms with E-state index in [0.29, 0.717) is 19.6 Å². The number of nitrogens with zero attached hydrogens (tertiary/aromatic N) is 3. The predicted octanol–water partition coefficient (Wildman–Crippen LogP) is 3.55. The Hall–Kier alpha value is -2.66. The molecule has 4 rings (SSSR count). The van der Waals surface area contributed by atoms with Crippen LogP contribution in [-0.2, 0) is 35.6 Å². The maximum Gasteiger partial charge on any atom is 0.307 e. The molecule has 0 amide bonds. The molecule has 0 atom stereocenters. The highest BCUT2D eigenvalue weighted by Gasteiger charge is 2.24. The van der Waals surface area contributed by atoms with Crippen molar-refractivity contribution >= 4 is 16.9 Å². The quantitative estimate of drug-likeness (QED) is 0.629. The zero-order valence-electron chi connectivity index (χ0n) is 15.7. The molecule has 5 nitrogen and oxygen atoms in total. The molecule has 3 heterocycles. The van der Waals surface area contributed by atoms with E-state index in [-0.39, 0.29) is 5.97 Å². The van der Waals surface area contributed by atoms with Crippen molar-refractivity contribution in [3.63, 3.8) is 0 Å². The molecule has 1 aromatic carbocycles. The van der Waals surface area contributed by atoms with Gasteiger partial charge >= 0.3 is 5.97 Å². The maximum atomic E-state index is 11.8. The van der Waals surface area contributed by atoms with Crippen LogP contribution in [0.2, 0.25) is 0 Å². The number of fused-ring (bicyclic) bond motifs is 3. The first-order valence-corrected chi connectivity index (χ1v) is 9.62. The summed E-state index contributed by atoms with van der Waals surface area (Å²) in [5.41, 5.74) is 5.22. The van der Waals surface area contributed by atoms with Crippen LogP contribution < -0.4 is 0 Å². The van der Waals surface area contributed by atoms with Gasteiger partial charge in [-0.2, -0.15) is 0 Å². The maximum absolute atomic E-state index is 11.8. The minimum Gasteiger partial charge on any atom is -0.466 e. The van der Waals surface area contributed by atoms with Crippen LogP contribution in [0.4, 0.5) is 0 Å². The summed E-state index contributed by atoms with van der Waals surface area (Å²) in [4.78, 5) is 18.6. The number of pyridine rings is 1. The summed E-state index contributed by atoms with van der Waals surface area (Å²) in [5.74, 6) is -0.127. The summed E-state index contributed by atoms with van der Waals surface area (Å²) in [6.07, 6.45) is 5.17. The van der Waals surface area contributed by atoms with Gasteiger partial charge in [0.05, 0.1) is 13.0 Å². The zero-order chi connectivity index (χ0) is 18.6. The van der Waals surface area contributed by atoms with Gasteiger partial charge in [0.15, 0.2) is 0 Å². The van der Waals surface area contributed by atoms with Gasteiger partial charge in [-0.1, -0.05) is 24.3 Å². The number of benzene rings is 1. The minimum absolute atomic E-state index is 0.127. The SMILES string of the molecule is CCOC(=O)CCn1c2c(c3ccccc31)CN(Cc1cccnc1)CC2. The van der Waals surface area contributed by atoms with Crippen molar-refractivity contribution in [2.24, 2.45) is 0 Å². The Bertz CT molecular complexity index is 933. The smallest absolute Gasteiger partial charge is 0.307 e. The highest BCUT2D eigenvalue weighted by molar-refractivity contribution is 5.86. The fraction of sp³-hybridized carbons (Fsp3) is 0.364. The van der Waals surface area contributed by atoms with E-state index in [9.17, 15) is 4.79 Å². The molecular formula is C22H25N3O2. The first-order chi connectivity index (χ1) is 13.3. The molecule has 0 saturated carbocycles. The Morgan fingerprint density at radius 1 is 1.22 bits per heavy atom. The number of rotatable bonds is 6. The summed E-state index contributed by atoms with van der Waals surface area (Å²) in [5, 5.41) is 1.30. The Morgan fingerprint density at radius 3 is 2.93 bits per heavy atom. The van der Waals surface area contributed by atoms with Crippen LogP contribution in [0.5, 0.6) is 0 Å². The van der Waals surface area contributed by atoms with Crippen molar-refractivity contribution in [3.8, 4) is 0 Å². The monoisotopic (exact) mass is 363 g/mol. The first-order valence-electron chi connectivity index (χ1n) is 9.62. The Kier molecular flexibility index (Phi) is 5.21. The molecule has 0 fully saturated rings. The van der Waals surface area contributed by atoms with Crippen molar-refractivity contribution in [2.75, 3.05) is 13.2 Å². The van der Waals surface area contributed by atoms with Crippen molar-refractivity contribution in [1.29, 1.82) is 0 Å². The lowest BCUT2D eigenvalue weighted by molar-refractivity contribution is -0.143. The molecule has 1 aliphatic heterocycles. The summed E-state index contributed by atoms with van der Waals surface area (Å²) in [7, 11) is 0. The average Bonchev–Trinajstić information content (AvgIpc) is 3.01. The van der Waals surface area contributed by atoms with Crippen LogP contribution in [-0.4, -0.2) is 33.6 Å². The number of carbonyl (C=O) groups excluding carboxylic acids is 1. The Morgan fingerprint density at radius 2 is 2.11 bits per heavy atom. The number of hydrogen-bond donors (Lipinski definition) is 0. The molecule has 0 radical (unpaired) electrons. The van der Waals surface area contributed by atoms with E-state index >= 15 is 0 Å². The van der Waals surface area contributed by atoms with E-state index in [1.54, 1.807) is 0 Å². The van der Waals surface area contributed by atoms with Gasteiger partial charge in [-0.15, -0.1) is 0 Å². The predicted molar refractivity (Wildman–Crippen MR) is 105 cm³/mol. The van der Waals surface area contributed by atoms with E-state index < -0.39 is 0 Å². The molecule has 5 heteroatoms. The standard InChI is InChI=1S/C22H25N3O2/c1-2-27-22(26)10-13-25-20-8-4-3-7-18(20)19-16-24(12-9-21(19)25)15-17-6-5-11-23-14-17/h3-8,11,14H,2,9-10,12-13,15-16H2,1H3. The number of aryl methyl sites for hydroxylation is 1. The molecule has 27 heavy (non-hydrogen) atoms. The number of carbonyl (C=O) groups is 1. The highest BCUT2D eigenvalue weighted by Crippen LogP contribution is 2.31. The van der Waals surface area contributed by atoms with Crippen LogP contribution >= 0.6 is 0 Å². The van der Waals surface area contributed by atoms with Crippen molar-refractivity contribution in [2.45, 2.75) is 39.4 Å². The van der Waals surface area contributed by atoms with E-state index in [1.165, 1.54) is 27.7 Å². The number of aromatic nitrogens is 2. The average molecular weight is 363 g/mol. The second kappa shape index (κ2) is 7.92. The molecule has 2 aromatic heterocycles. The van der Waals surface area contributed by atoms with Gasteiger partial charge in [-0.05, 0) is 30.2 Å². The summed E-state index contributed by atoms with van der Waals surface area (Å²) in [6, 6.07) is 12.6. The molecule has 140 valence electrons. The van der Waals surface area contributed by atoms with Gasteiger partial charge in [0, 0.05) is 61.6 Å². The van der Waals surface area contributed by atoms with Gasteiger partial charge in [0.25, 0.3) is 0 Å². The molecule has 3 aromatic rings. The topological polar surface area (TPSA) is 47.4 Å². The third-order valence-electron chi connectivity index (χ3n) is 5.21. The Labute approximate surface area is 159 Å². The minimum atomic E-state index is -0.127. The van der Waals surface area contributed by atoms with Crippen molar-refractivity contribution in [3.05, 3.63) is 65.6 Å². The lowest BCUT2D eigenvalue weighted by Crippen LogP contribution is -2.30. The lowest BCUT2D eigenvalue weighted by atomic mass is 10.0. The summed E-state index contributed by atoms with van der Waals surface area (Å²) < 4.78 is 7.44. The highest BCUT2D eigenvalue weighted by atomic mass is 16.5. The molecule has 1 aliphatic rings. The number of para-hydroxylation sites is 1. The summed E-state index contributed by atoms with van der Waals surface area (Å²) in [6.45, 7) is 5.82. The zero-order valence-corrected chi connectivity index (χ0v) is 15.7. The van der Waals surface area contributed by atoms with E-state index in [4.69, 9.17) is 4.74 Å². The van der Waals surface area contributed by atoms with Crippen LogP contribution in [0.3, 0.4) is 0 Å². The third kappa shape index (κ3) is 3.74. The van der Waals surface area contributed by atoms with Crippen molar-refractivity contribution < 1.29 is 9.53 Å². The van der Waals surface area contributed by atoms with Gasteiger partial charge < -0.3 is 9.30 Å². The van der Waals surface area contributed by atoms with Crippen LogP contribution in [0, 0.1) is 0 Å².